The lowest BCUT2D eigenvalue weighted by Crippen LogP contribution is -2.50. The third-order valence-corrected chi connectivity index (χ3v) is 4.84. The van der Waals surface area contributed by atoms with Crippen LogP contribution in [0, 0.1) is 5.92 Å². The van der Waals surface area contributed by atoms with Crippen molar-refractivity contribution in [2.45, 2.75) is 58.0 Å². The Morgan fingerprint density at radius 2 is 1.85 bits per heavy atom. The van der Waals surface area contributed by atoms with E-state index in [4.69, 9.17) is 0 Å². The molecule has 2 N–H and O–H groups in total. The molecule has 0 aliphatic heterocycles. The molecule has 2 amide bonds. The monoisotopic (exact) mass is 392 g/mol. The van der Waals surface area contributed by atoms with Crippen LogP contribution in [0.4, 0.5) is 0 Å². The van der Waals surface area contributed by atoms with Crippen LogP contribution < -0.4 is 10.6 Å². The molecular formula is C21H32N2O3S. The van der Waals surface area contributed by atoms with Gasteiger partial charge in [0.25, 0.3) is 0 Å². The molecular weight excluding hydrogens is 360 g/mol. The molecule has 27 heavy (non-hydrogen) atoms. The van der Waals surface area contributed by atoms with Crippen LogP contribution in [0.25, 0.3) is 0 Å². The van der Waals surface area contributed by atoms with Crippen molar-refractivity contribution in [2.24, 2.45) is 5.92 Å². The fraction of sp³-hybridized carbons (Fsp3) is 0.571. The third-order valence-electron chi connectivity index (χ3n) is 4.20. The van der Waals surface area contributed by atoms with E-state index in [0.717, 1.165) is 24.9 Å². The number of rotatable bonds is 13. The Morgan fingerprint density at radius 1 is 1.15 bits per heavy atom. The van der Waals surface area contributed by atoms with Crippen molar-refractivity contribution in [3.63, 3.8) is 0 Å². The first-order chi connectivity index (χ1) is 13.0. The minimum absolute atomic E-state index is 0.126. The number of nitrogens with one attached hydrogen (secondary N) is 2. The third kappa shape index (κ3) is 10.2. The predicted octanol–water partition coefficient (Wildman–Crippen LogP) is 2.98. The predicted molar refractivity (Wildman–Crippen MR) is 112 cm³/mol. The number of hydrogen-bond donors (Lipinski definition) is 2. The van der Waals surface area contributed by atoms with E-state index < -0.39 is 12.1 Å². The first-order valence-corrected chi connectivity index (χ1v) is 10.9. The summed E-state index contributed by atoms with van der Waals surface area (Å²) < 4.78 is 0. The maximum Gasteiger partial charge on any atom is 0.243 e. The summed E-state index contributed by atoms with van der Waals surface area (Å²) >= 11 is 1.63. The van der Waals surface area contributed by atoms with Crippen LogP contribution in [0.15, 0.2) is 30.3 Å². The summed E-state index contributed by atoms with van der Waals surface area (Å²) in [5.41, 5.74) is 1.20. The molecule has 0 saturated heterocycles. The Bertz CT molecular complexity index is 578. The highest BCUT2D eigenvalue weighted by Gasteiger charge is 2.23. The Kier molecular flexibility index (Phi) is 11.5. The summed E-state index contributed by atoms with van der Waals surface area (Å²) in [6.45, 7) is 4.01. The maximum absolute atomic E-state index is 12.6. The van der Waals surface area contributed by atoms with Gasteiger partial charge in [0, 0.05) is 6.42 Å². The van der Waals surface area contributed by atoms with Crippen molar-refractivity contribution in [1.29, 1.82) is 0 Å². The second-order valence-corrected chi connectivity index (χ2v) is 8.11. The van der Waals surface area contributed by atoms with E-state index >= 15 is 0 Å². The maximum atomic E-state index is 12.6. The summed E-state index contributed by atoms with van der Waals surface area (Å²) in [5.74, 6) is 0.646. The van der Waals surface area contributed by atoms with Gasteiger partial charge in [-0.1, -0.05) is 44.2 Å². The quantitative estimate of drug-likeness (QED) is 0.506. The lowest BCUT2D eigenvalue weighted by molar-refractivity contribution is -0.130. The fourth-order valence-electron chi connectivity index (χ4n) is 2.77. The molecule has 2 atom stereocenters. The fourth-order valence-corrected chi connectivity index (χ4v) is 3.26. The van der Waals surface area contributed by atoms with Crippen LogP contribution in [-0.2, 0) is 20.8 Å². The van der Waals surface area contributed by atoms with Crippen molar-refractivity contribution in [2.75, 3.05) is 12.0 Å². The Balaban J connectivity index is 2.52. The number of benzene rings is 1. The highest BCUT2D eigenvalue weighted by molar-refractivity contribution is 7.98. The van der Waals surface area contributed by atoms with Gasteiger partial charge in [-0.15, -0.1) is 0 Å². The van der Waals surface area contributed by atoms with E-state index in [1.54, 1.807) is 11.8 Å². The molecule has 0 aromatic heterocycles. The van der Waals surface area contributed by atoms with Gasteiger partial charge < -0.3 is 15.4 Å². The van der Waals surface area contributed by atoms with Crippen LogP contribution in [0.1, 0.15) is 45.1 Å². The number of carbonyl (C=O) groups is 3. The highest BCUT2D eigenvalue weighted by atomic mass is 32.2. The summed E-state index contributed by atoms with van der Waals surface area (Å²) in [5, 5.41) is 5.61. The molecule has 1 aromatic carbocycles. The van der Waals surface area contributed by atoms with Crippen molar-refractivity contribution in [3.8, 4) is 0 Å². The molecule has 0 aliphatic rings. The molecule has 0 aliphatic carbocycles. The molecule has 0 unspecified atom stereocenters. The van der Waals surface area contributed by atoms with E-state index in [1.165, 1.54) is 5.56 Å². The Hall–Kier alpha value is -1.82. The molecule has 0 spiro atoms. The van der Waals surface area contributed by atoms with Crippen molar-refractivity contribution >= 4 is 29.9 Å². The first-order valence-electron chi connectivity index (χ1n) is 9.54. The molecule has 6 heteroatoms. The molecule has 0 saturated carbocycles. The van der Waals surface area contributed by atoms with Crippen molar-refractivity contribution in [3.05, 3.63) is 35.9 Å². The van der Waals surface area contributed by atoms with Gasteiger partial charge in [-0.2, -0.15) is 11.8 Å². The molecule has 0 fully saturated rings. The average Bonchev–Trinajstić information content (AvgIpc) is 2.64. The Morgan fingerprint density at radius 3 is 2.44 bits per heavy atom. The second-order valence-electron chi connectivity index (χ2n) is 7.12. The molecule has 0 bridgehead atoms. The lowest BCUT2D eigenvalue weighted by Gasteiger charge is -2.22. The van der Waals surface area contributed by atoms with Gasteiger partial charge in [0.05, 0.1) is 6.04 Å². The van der Waals surface area contributed by atoms with E-state index in [9.17, 15) is 14.4 Å². The number of aldehydes is 1. The first kappa shape index (κ1) is 23.2. The van der Waals surface area contributed by atoms with Gasteiger partial charge in [0.15, 0.2) is 0 Å². The van der Waals surface area contributed by atoms with Gasteiger partial charge in [0.1, 0.15) is 12.3 Å². The van der Waals surface area contributed by atoms with E-state index in [2.05, 4.69) is 10.6 Å². The number of carbonyl (C=O) groups excluding carboxylic acids is 3. The minimum Gasteiger partial charge on any atom is -0.345 e. The second kappa shape index (κ2) is 13.4. The standard InChI is InChI=1S/C21H32N2O3S/c1-16(2)14-19(21(26)22-18(15-24)12-13-27-3)23-20(25)11-7-10-17-8-5-4-6-9-17/h4-6,8-9,15-16,18-19H,7,10-14H2,1-3H3,(H,22,26)(H,23,25)/t18-,19-/m0/s1. The number of aryl methyl sites for hydroxylation is 1. The molecule has 150 valence electrons. The van der Waals surface area contributed by atoms with Gasteiger partial charge >= 0.3 is 0 Å². The summed E-state index contributed by atoms with van der Waals surface area (Å²) in [6, 6.07) is 8.91. The average molecular weight is 393 g/mol. The SMILES string of the molecule is CSCC[C@@H](C=O)NC(=O)[C@H](CC(C)C)NC(=O)CCCc1ccccc1. The zero-order valence-corrected chi connectivity index (χ0v) is 17.4. The molecule has 1 aromatic rings. The molecule has 1 rings (SSSR count). The largest absolute Gasteiger partial charge is 0.345 e. The summed E-state index contributed by atoms with van der Waals surface area (Å²) in [7, 11) is 0. The number of thioether (sulfide) groups is 1. The smallest absolute Gasteiger partial charge is 0.243 e. The van der Waals surface area contributed by atoms with Crippen LogP contribution in [0.5, 0.6) is 0 Å². The van der Waals surface area contributed by atoms with E-state index in [-0.39, 0.29) is 17.7 Å². The van der Waals surface area contributed by atoms with Gasteiger partial charge in [-0.3, -0.25) is 9.59 Å². The lowest BCUT2D eigenvalue weighted by atomic mass is 10.0. The van der Waals surface area contributed by atoms with E-state index in [1.807, 2.05) is 50.4 Å². The van der Waals surface area contributed by atoms with E-state index in [0.29, 0.717) is 19.3 Å². The van der Waals surface area contributed by atoms with Gasteiger partial charge in [-0.05, 0) is 49.2 Å². The highest BCUT2D eigenvalue weighted by Crippen LogP contribution is 2.08. The zero-order chi connectivity index (χ0) is 20.1. The number of hydrogen-bond acceptors (Lipinski definition) is 4. The van der Waals surface area contributed by atoms with Crippen molar-refractivity contribution < 1.29 is 14.4 Å². The number of amides is 2. The van der Waals surface area contributed by atoms with Crippen LogP contribution in [0.3, 0.4) is 0 Å². The topological polar surface area (TPSA) is 75.3 Å². The Labute approximate surface area is 167 Å². The summed E-state index contributed by atoms with van der Waals surface area (Å²) in [6.07, 6.45) is 5.80. The van der Waals surface area contributed by atoms with Crippen molar-refractivity contribution in [1.82, 2.24) is 10.6 Å². The molecule has 5 nitrogen and oxygen atoms in total. The van der Waals surface area contributed by atoms with Crippen LogP contribution >= 0.6 is 11.8 Å². The minimum atomic E-state index is -0.606. The normalized spacial score (nSPS) is 13.0. The molecule has 0 radical (unpaired) electrons. The van der Waals surface area contributed by atoms with Gasteiger partial charge in [0.2, 0.25) is 11.8 Å². The van der Waals surface area contributed by atoms with Crippen LogP contribution in [-0.4, -0.2) is 42.2 Å². The van der Waals surface area contributed by atoms with Crippen LogP contribution in [0.2, 0.25) is 0 Å². The van der Waals surface area contributed by atoms with Gasteiger partial charge in [-0.25, -0.2) is 0 Å². The summed E-state index contributed by atoms with van der Waals surface area (Å²) in [4.78, 5) is 36.0. The molecule has 0 heterocycles. The zero-order valence-electron chi connectivity index (χ0n) is 16.6.